The van der Waals surface area contributed by atoms with E-state index in [1.54, 1.807) is 45.0 Å². The molecule has 34 heavy (non-hydrogen) atoms. The van der Waals surface area contributed by atoms with Crippen molar-refractivity contribution < 1.29 is 31.1 Å². The zero-order valence-electron chi connectivity index (χ0n) is 18.9. The lowest BCUT2D eigenvalue weighted by Crippen LogP contribution is -2.42. The maximum Gasteiger partial charge on any atom is 0.416 e. The van der Waals surface area contributed by atoms with Crippen LogP contribution in [-0.4, -0.2) is 30.1 Å². The number of nitrogens with one attached hydrogen (secondary N) is 1. The minimum atomic E-state index is -4.66. The lowest BCUT2D eigenvalue weighted by molar-refractivity contribution is -0.137. The van der Waals surface area contributed by atoms with Crippen LogP contribution in [0, 0.1) is 0 Å². The van der Waals surface area contributed by atoms with Gasteiger partial charge in [0.05, 0.1) is 16.0 Å². The number of para-hydroxylation sites is 1. The Morgan fingerprint density at radius 1 is 1.09 bits per heavy atom. The van der Waals surface area contributed by atoms with Crippen LogP contribution in [-0.2, 0) is 33.8 Å². The Hall–Kier alpha value is -3.01. The molecule has 1 atom stereocenters. The predicted molar refractivity (Wildman–Crippen MR) is 121 cm³/mol. The number of carbonyl (C=O) groups is 1. The predicted octanol–water partition coefficient (Wildman–Crippen LogP) is 5.28. The van der Waals surface area contributed by atoms with Crippen LogP contribution in [0.1, 0.15) is 44.0 Å². The topological polar surface area (TPSA) is 77.4 Å². The molecule has 1 amide bonds. The maximum absolute atomic E-state index is 13.6. The minimum Gasteiger partial charge on any atom is -0.444 e. The molecule has 0 fully saturated rings. The fourth-order valence-electron chi connectivity index (χ4n) is 4.28. The first-order valence-electron chi connectivity index (χ1n) is 10.8. The van der Waals surface area contributed by atoms with E-state index in [4.69, 9.17) is 4.74 Å². The van der Waals surface area contributed by atoms with E-state index in [1.807, 2.05) is 0 Å². The van der Waals surface area contributed by atoms with Gasteiger partial charge in [-0.05, 0) is 69.9 Å². The summed E-state index contributed by atoms with van der Waals surface area (Å²) in [7, 11) is -4.31. The highest BCUT2D eigenvalue weighted by Crippen LogP contribution is 2.36. The molecule has 0 saturated carbocycles. The molecule has 1 unspecified atom stereocenters. The van der Waals surface area contributed by atoms with Gasteiger partial charge < -0.3 is 10.1 Å². The molecule has 10 heteroatoms. The van der Waals surface area contributed by atoms with Gasteiger partial charge in [0.1, 0.15) is 5.60 Å². The Bertz CT molecular complexity index is 1350. The number of rotatable bonds is 3. The van der Waals surface area contributed by atoms with Gasteiger partial charge in [0.2, 0.25) is 0 Å². The summed E-state index contributed by atoms with van der Waals surface area (Å²) < 4.78 is 73.3. The molecule has 182 valence electrons. The largest absolute Gasteiger partial charge is 0.444 e. The lowest BCUT2D eigenvalue weighted by Gasteiger charge is -2.27. The molecule has 2 aromatic carbocycles. The van der Waals surface area contributed by atoms with Crippen LogP contribution >= 0.6 is 0 Å². The van der Waals surface area contributed by atoms with Crippen LogP contribution in [0.15, 0.2) is 53.4 Å². The van der Waals surface area contributed by atoms with E-state index in [-0.39, 0.29) is 6.04 Å². The zero-order chi connectivity index (χ0) is 24.9. The van der Waals surface area contributed by atoms with Crippen molar-refractivity contribution in [1.29, 1.82) is 0 Å². The van der Waals surface area contributed by atoms with E-state index < -0.39 is 38.4 Å². The number of hydrogen-bond donors (Lipinski definition) is 1. The van der Waals surface area contributed by atoms with Crippen LogP contribution in [0.4, 0.5) is 18.0 Å². The second-order valence-corrected chi connectivity index (χ2v) is 11.1. The molecule has 0 saturated heterocycles. The summed E-state index contributed by atoms with van der Waals surface area (Å²) in [6.45, 7) is 5.29. The van der Waals surface area contributed by atoms with Gasteiger partial charge in [-0.3, -0.25) is 0 Å². The number of fused-ring (bicyclic) bond motifs is 3. The maximum atomic E-state index is 13.6. The molecule has 4 rings (SSSR count). The van der Waals surface area contributed by atoms with Crippen LogP contribution in [0.3, 0.4) is 0 Å². The molecular weight excluding hydrogens is 469 g/mol. The van der Waals surface area contributed by atoms with Crippen LogP contribution in [0.25, 0.3) is 10.9 Å². The van der Waals surface area contributed by atoms with E-state index in [0.29, 0.717) is 41.9 Å². The quantitative estimate of drug-likeness (QED) is 0.538. The first-order valence-corrected chi connectivity index (χ1v) is 12.2. The van der Waals surface area contributed by atoms with E-state index >= 15 is 0 Å². The summed E-state index contributed by atoms with van der Waals surface area (Å²) in [6, 6.07) is 10.4. The van der Waals surface area contributed by atoms with Gasteiger partial charge in [0.15, 0.2) is 0 Å². The minimum absolute atomic E-state index is 0.266. The number of benzene rings is 2. The summed E-state index contributed by atoms with van der Waals surface area (Å²) in [5.74, 6) is 0. The highest BCUT2D eigenvalue weighted by molar-refractivity contribution is 7.90. The highest BCUT2D eigenvalue weighted by atomic mass is 32.2. The average Bonchev–Trinajstić information content (AvgIpc) is 3.06. The SMILES string of the molecule is CC(C)(C)OC(=O)NC1CCc2c(c3ccccc3n2S(=O)(=O)c2cccc(C(F)(F)F)c2)C1. The van der Waals surface area contributed by atoms with Crippen molar-refractivity contribution in [3.8, 4) is 0 Å². The summed E-state index contributed by atoms with van der Waals surface area (Å²) in [4.78, 5) is 11.8. The molecule has 1 heterocycles. The van der Waals surface area contributed by atoms with Gasteiger partial charge in [-0.2, -0.15) is 13.2 Å². The summed E-state index contributed by atoms with van der Waals surface area (Å²) in [6.07, 6.45) is -4.06. The molecular formula is C24H25F3N2O4S. The second-order valence-electron chi connectivity index (χ2n) is 9.32. The molecule has 0 spiro atoms. The van der Waals surface area contributed by atoms with Gasteiger partial charge in [-0.25, -0.2) is 17.2 Å². The Morgan fingerprint density at radius 3 is 2.47 bits per heavy atom. The van der Waals surface area contributed by atoms with Crippen molar-refractivity contribution in [3.05, 3.63) is 65.4 Å². The number of carbonyl (C=O) groups excluding carboxylic acids is 1. The van der Waals surface area contributed by atoms with Crippen molar-refractivity contribution >= 4 is 27.0 Å². The fraction of sp³-hybridized carbons (Fsp3) is 0.375. The van der Waals surface area contributed by atoms with Gasteiger partial charge in [0.25, 0.3) is 10.0 Å². The molecule has 6 nitrogen and oxygen atoms in total. The van der Waals surface area contributed by atoms with Crippen molar-refractivity contribution in [2.45, 2.75) is 62.7 Å². The summed E-state index contributed by atoms with van der Waals surface area (Å²) >= 11 is 0. The number of nitrogens with zero attached hydrogens (tertiary/aromatic N) is 1. The number of alkyl halides is 3. The van der Waals surface area contributed by atoms with Gasteiger partial charge in [0, 0.05) is 17.1 Å². The number of aromatic nitrogens is 1. The van der Waals surface area contributed by atoms with Crippen LogP contribution in [0.5, 0.6) is 0 Å². The van der Waals surface area contributed by atoms with Crippen molar-refractivity contribution in [1.82, 2.24) is 9.29 Å². The fourth-order valence-corrected chi connectivity index (χ4v) is 5.93. The molecule has 0 radical (unpaired) electrons. The third-order valence-corrected chi connectivity index (χ3v) is 7.39. The molecule has 1 aliphatic rings. The van der Waals surface area contributed by atoms with Crippen molar-refractivity contribution in [3.63, 3.8) is 0 Å². The summed E-state index contributed by atoms with van der Waals surface area (Å²) in [5.41, 5.74) is -0.0263. The molecule has 1 aromatic heterocycles. The lowest BCUT2D eigenvalue weighted by atomic mass is 9.91. The number of ether oxygens (including phenoxy) is 1. The standard InChI is InChI=1S/C24H25F3N2O4S/c1-23(2,3)33-22(30)28-16-11-12-21-19(14-16)18-9-4-5-10-20(18)29(21)34(31,32)17-8-6-7-15(13-17)24(25,26)27/h4-10,13,16H,11-12,14H2,1-3H3,(H,28,30). The van der Waals surface area contributed by atoms with Gasteiger partial charge in [-0.1, -0.05) is 24.3 Å². The molecule has 0 aliphatic heterocycles. The molecule has 1 N–H and O–H groups in total. The molecule has 3 aromatic rings. The van der Waals surface area contributed by atoms with Crippen LogP contribution < -0.4 is 5.32 Å². The number of hydrogen-bond acceptors (Lipinski definition) is 4. The normalized spacial score (nSPS) is 16.8. The van der Waals surface area contributed by atoms with Gasteiger partial charge in [-0.15, -0.1) is 0 Å². The Morgan fingerprint density at radius 2 is 1.79 bits per heavy atom. The number of alkyl carbamates (subject to hydrolysis) is 1. The zero-order valence-corrected chi connectivity index (χ0v) is 19.8. The van der Waals surface area contributed by atoms with E-state index in [9.17, 15) is 26.4 Å². The van der Waals surface area contributed by atoms with Crippen molar-refractivity contribution in [2.24, 2.45) is 0 Å². The number of halogens is 3. The van der Waals surface area contributed by atoms with E-state index in [1.165, 1.54) is 6.07 Å². The van der Waals surface area contributed by atoms with E-state index in [0.717, 1.165) is 21.7 Å². The Balaban J connectivity index is 1.76. The summed E-state index contributed by atoms with van der Waals surface area (Å²) in [5, 5.41) is 3.52. The van der Waals surface area contributed by atoms with Crippen LogP contribution in [0.2, 0.25) is 0 Å². The second kappa shape index (κ2) is 8.33. The Labute approximate surface area is 195 Å². The monoisotopic (exact) mass is 494 g/mol. The van der Waals surface area contributed by atoms with Crippen molar-refractivity contribution in [2.75, 3.05) is 0 Å². The number of amides is 1. The first-order chi connectivity index (χ1) is 15.8. The third kappa shape index (κ3) is 4.64. The molecule has 1 aliphatic carbocycles. The highest BCUT2D eigenvalue weighted by Gasteiger charge is 2.35. The average molecular weight is 495 g/mol. The van der Waals surface area contributed by atoms with Gasteiger partial charge >= 0.3 is 12.3 Å². The Kier molecular flexibility index (Phi) is 5.91. The van der Waals surface area contributed by atoms with E-state index in [2.05, 4.69) is 5.32 Å². The first kappa shape index (κ1) is 24.1. The molecule has 0 bridgehead atoms. The third-order valence-electron chi connectivity index (χ3n) is 5.64. The smallest absolute Gasteiger partial charge is 0.416 e.